The molecule has 1 atom stereocenters. The minimum atomic E-state index is -0.0802. The van der Waals surface area contributed by atoms with Crippen LogP contribution >= 0.6 is 0 Å². The van der Waals surface area contributed by atoms with Crippen LogP contribution in [0.25, 0.3) is 0 Å². The van der Waals surface area contributed by atoms with E-state index in [0.29, 0.717) is 12.0 Å². The number of carbonyl (C=O) groups is 1. The maximum absolute atomic E-state index is 12.0. The summed E-state index contributed by atoms with van der Waals surface area (Å²) >= 11 is 0. The molecule has 0 spiro atoms. The van der Waals surface area contributed by atoms with Gasteiger partial charge in [0.05, 0.1) is 11.6 Å². The number of nitrogens with zero attached hydrogens (tertiary/aromatic N) is 2. The quantitative estimate of drug-likeness (QED) is 0.863. The van der Waals surface area contributed by atoms with Crippen molar-refractivity contribution in [3.63, 3.8) is 0 Å². The summed E-state index contributed by atoms with van der Waals surface area (Å²) in [6, 6.07) is 8.90. The molecule has 1 rings (SSSR count). The van der Waals surface area contributed by atoms with Gasteiger partial charge in [0.15, 0.2) is 0 Å². The standard InChI is InChI=1S/C14H19N3O/c1-3-4-12(16)9-14(18)17(2)13-7-5-11(10-15)6-8-13/h5-8,12H,3-4,9,16H2,1-2H3. The molecule has 0 radical (unpaired) electrons. The van der Waals surface area contributed by atoms with Crippen molar-refractivity contribution in [2.45, 2.75) is 32.2 Å². The van der Waals surface area contributed by atoms with Gasteiger partial charge in [-0.15, -0.1) is 0 Å². The third kappa shape index (κ3) is 3.86. The van der Waals surface area contributed by atoms with Crippen LogP contribution in [-0.4, -0.2) is 19.0 Å². The minimum absolute atomic E-state index is 0.000609. The monoisotopic (exact) mass is 245 g/mol. The van der Waals surface area contributed by atoms with Gasteiger partial charge in [-0.3, -0.25) is 4.79 Å². The van der Waals surface area contributed by atoms with E-state index in [0.717, 1.165) is 18.5 Å². The Morgan fingerprint density at radius 3 is 2.56 bits per heavy atom. The molecule has 2 N–H and O–H groups in total. The lowest BCUT2D eigenvalue weighted by molar-refractivity contribution is -0.118. The fraction of sp³-hybridized carbons (Fsp3) is 0.429. The molecule has 0 aliphatic heterocycles. The average molecular weight is 245 g/mol. The fourth-order valence-corrected chi connectivity index (χ4v) is 1.74. The molecule has 0 aliphatic carbocycles. The predicted molar refractivity (Wildman–Crippen MR) is 72.1 cm³/mol. The number of nitriles is 1. The molecule has 1 unspecified atom stereocenters. The number of nitrogens with two attached hydrogens (primary N) is 1. The summed E-state index contributed by atoms with van der Waals surface area (Å²) in [4.78, 5) is 13.5. The highest BCUT2D eigenvalue weighted by molar-refractivity contribution is 5.93. The zero-order valence-corrected chi connectivity index (χ0v) is 10.9. The van der Waals surface area contributed by atoms with Crippen LogP contribution < -0.4 is 10.6 Å². The summed E-state index contributed by atoms with van der Waals surface area (Å²) in [6.07, 6.45) is 2.19. The largest absolute Gasteiger partial charge is 0.327 e. The van der Waals surface area contributed by atoms with Gasteiger partial charge in [0.2, 0.25) is 5.91 Å². The third-order valence-electron chi connectivity index (χ3n) is 2.85. The normalized spacial score (nSPS) is 11.7. The van der Waals surface area contributed by atoms with Gasteiger partial charge in [0.1, 0.15) is 0 Å². The first kappa shape index (κ1) is 14.2. The molecule has 0 fully saturated rings. The molecular weight excluding hydrogens is 226 g/mol. The van der Waals surface area contributed by atoms with Gasteiger partial charge in [-0.2, -0.15) is 5.26 Å². The number of rotatable bonds is 5. The summed E-state index contributed by atoms with van der Waals surface area (Å²) < 4.78 is 0. The number of amides is 1. The molecule has 1 amide bonds. The van der Waals surface area contributed by atoms with Gasteiger partial charge in [0, 0.05) is 25.2 Å². The molecule has 4 heteroatoms. The van der Waals surface area contributed by atoms with Crippen molar-refractivity contribution in [1.82, 2.24) is 0 Å². The molecule has 4 nitrogen and oxygen atoms in total. The maximum Gasteiger partial charge on any atom is 0.228 e. The van der Waals surface area contributed by atoms with E-state index < -0.39 is 0 Å². The Kier molecular flexibility index (Phi) is 5.34. The first-order valence-electron chi connectivity index (χ1n) is 6.10. The minimum Gasteiger partial charge on any atom is -0.327 e. The Bertz CT molecular complexity index is 433. The molecule has 96 valence electrons. The predicted octanol–water partition coefficient (Wildman–Crippen LogP) is 2.04. The Balaban J connectivity index is 2.65. The number of carbonyl (C=O) groups excluding carboxylic acids is 1. The summed E-state index contributed by atoms with van der Waals surface area (Å²) in [5.41, 5.74) is 7.22. The highest BCUT2D eigenvalue weighted by Crippen LogP contribution is 2.15. The smallest absolute Gasteiger partial charge is 0.228 e. The van der Waals surface area contributed by atoms with Crippen molar-refractivity contribution in [1.29, 1.82) is 5.26 Å². The van der Waals surface area contributed by atoms with Crippen LogP contribution in [0.2, 0.25) is 0 Å². The number of hydrogen-bond acceptors (Lipinski definition) is 3. The van der Waals surface area contributed by atoms with Crippen LogP contribution in [0.1, 0.15) is 31.7 Å². The van der Waals surface area contributed by atoms with Crippen LogP contribution in [0.15, 0.2) is 24.3 Å². The van der Waals surface area contributed by atoms with E-state index in [-0.39, 0.29) is 11.9 Å². The lowest BCUT2D eigenvalue weighted by Gasteiger charge is -2.19. The number of anilines is 1. The van der Waals surface area contributed by atoms with Gasteiger partial charge in [-0.1, -0.05) is 13.3 Å². The molecular formula is C14H19N3O. The molecule has 0 bridgehead atoms. The SMILES string of the molecule is CCCC(N)CC(=O)N(C)c1ccc(C#N)cc1. The number of benzene rings is 1. The second kappa shape index (κ2) is 6.77. The van der Waals surface area contributed by atoms with Crippen LogP contribution in [0.5, 0.6) is 0 Å². The first-order chi connectivity index (χ1) is 8.58. The third-order valence-corrected chi connectivity index (χ3v) is 2.85. The molecule has 1 aromatic carbocycles. The van der Waals surface area contributed by atoms with Crippen LogP contribution in [-0.2, 0) is 4.79 Å². The Morgan fingerprint density at radius 2 is 2.06 bits per heavy atom. The van der Waals surface area contributed by atoms with Gasteiger partial charge in [-0.25, -0.2) is 0 Å². The van der Waals surface area contributed by atoms with E-state index in [9.17, 15) is 4.79 Å². The van der Waals surface area contributed by atoms with Gasteiger partial charge < -0.3 is 10.6 Å². The Morgan fingerprint density at radius 1 is 1.44 bits per heavy atom. The molecule has 0 saturated heterocycles. The zero-order valence-electron chi connectivity index (χ0n) is 10.9. The van der Waals surface area contributed by atoms with Gasteiger partial charge >= 0.3 is 0 Å². The zero-order chi connectivity index (χ0) is 13.5. The van der Waals surface area contributed by atoms with Crippen molar-refractivity contribution >= 4 is 11.6 Å². The highest BCUT2D eigenvalue weighted by Gasteiger charge is 2.14. The van der Waals surface area contributed by atoms with E-state index >= 15 is 0 Å². The summed E-state index contributed by atoms with van der Waals surface area (Å²) in [5, 5.41) is 8.71. The van der Waals surface area contributed by atoms with E-state index in [4.69, 9.17) is 11.0 Å². The highest BCUT2D eigenvalue weighted by atomic mass is 16.2. The van der Waals surface area contributed by atoms with Crippen molar-refractivity contribution in [2.24, 2.45) is 5.73 Å². The molecule has 0 aliphatic rings. The van der Waals surface area contributed by atoms with Gasteiger partial charge in [0.25, 0.3) is 0 Å². The average Bonchev–Trinajstić information content (AvgIpc) is 2.38. The lowest BCUT2D eigenvalue weighted by atomic mass is 10.1. The van der Waals surface area contributed by atoms with Crippen molar-refractivity contribution < 1.29 is 4.79 Å². The maximum atomic E-state index is 12.0. The topological polar surface area (TPSA) is 70.1 Å². The van der Waals surface area contributed by atoms with Crippen LogP contribution in [0.3, 0.4) is 0 Å². The summed E-state index contributed by atoms with van der Waals surface area (Å²) in [7, 11) is 1.72. The Hall–Kier alpha value is -1.86. The molecule has 1 aromatic rings. The fourth-order valence-electron chi connectivity index (χ4n) is 1.74. The second-order valence-corrected chi connectivity index (χ2v) is 4.36. The van der Waals surface area contributed by atoms with E-state index in [1.54, 1.807) is 36.2 Å². The molecule has 18 heavy (non-hydrogen) atoms. The first-order valence-corrected chi connectivity index (χ1v) is 6.10. The van der Waals surface area contributed by atoms with Crippen molar-refractivity contribution in [2.75, 3.05) is 11.9 Å². The summed E-state index contributed by atoms with van der Waals surface area (Å²) in [5.74, 6) is 0.000609. The van der Waals surface area contributed by atoms with Gasteiger partial charge in [-0.05, 0) is 30.7 Å². The molecule has 0 saturated carbocycles. The van der Waals surface area contributed by atoms with E-state index in [1.165, 1.54) is 0 Å². The van der Waals surface area contributed by atoms with E-state index in [2.05, 4.69) is 6.92 Å². The van der Waals surface area contributed by atoms with E-state index in [1.807, 2.05) is 6.07 Å². The summed E-state index contributed by atoms with van der Waals surface area (Å²) in [6.45, 7) is 2.05. The lowest BCUT2D eigenvalue weighted by Crippen LogP contribution is -2.33. The Labute approximate surface area is 108 Å². The van der Waals surface area contributed by atoms with Crippen LogP contribution in [0, 0.1) is 11.3 Å². The second-order valence-electron chi connectivity index (χ2n) is 4.36. The molecule has 0 heterocycles. The van der Waals surface area contributed by atoms with Crippen molar-refractivity contribution in [3.05, 3.63) is 29.8 Å². The van der Waals surface area contributed by atoms with Crippen LogP contribution in [0.4, 0.5) is 5.69 Å². The molecule has 0 aromatic heterocycles. The van der Waals surface area contributed by atoms with Crippen molar-refractivity contribution in [3.8, 4) is 6.07 Å². The number of hydrogen-bond donors (Lipinski definition) is 1.